The summed E-state index contributed by atoms with van der Waals surface area (Å²) in [6.45, 7) is 2.06. The number of hydrogen-bond acceptors (Lipinski definition) is 6. The fraction of sp³-hybridized carbons (Fsp3) is 0.812. The number of ketones is 1. The van der Waals surface area contributed by atoms with Crippen molar-refractivity contribution in [2.75, 3.05) is 12.4 Å². The third-order valence-electron chi connectivity index (χ3n) is 5.83. The number of nitrogens with one attached hydrogen (secondary N) is 1. The molecule has 4 fully saturated rings. The van der Waals surface area contributed by atoms with Crippen LogP contribution in [0.15, 0.2) is 4.34 Å². The molecular formula is C16H23N3OS2. The third-order valence-corrected chi connectivity index (χ3v) is 7.95. The van der Waals surface area contributed by atoms with Crippen molar-refractivity contribution >= 4 is 34.0 Å². The Bertz CT molecular complexity index is 550. The van der Waals surface area contributed by atoms with Crippen molar-refractivity contribution in [2.45, 2.75) is 55.0 Å². The summed E-state index contributed by atoms with van der Waals surface area (Å²) in [5, 5.41) is 12.1. The summed E-state index contributed by atoms with van der Waals surface area (Å²) >= 11 is 3.13. The number of hydrogen-bond donors (Lipinski definition) is 1. The molecule has 1 unspecified atom stereocenters. The van der Waals surface area contributed by atoms with Crippen molar-refractivity contribution < 1.29 is 4.79 Å². The van der Waals surface area contributed by atoms with Crippen LogP contribution in [0.25, 0.3) is 0 Å². The smallest absolute Gasteiger partial charge is 0.206 e. The Morgan fingerprint density at radius 1 is 1.23 bits per heavy atom. The lowest BCUT2D eigenvalue weighted by molar-refractivity contribution is -0.142. The summed E-state index contributed by atoms with van der Waals surface area (Å²) in [6, 6.07) is 0. The first kappa shape index (κ1) is 14.9. The maximum atomic E-state index is 13.2. The van der Waals surface area contributed by atoms with Gasteiger partial charge in [0.05, 0.1) is 5.25 Å². The van der Waals surface area contributed by atoms with Gasteiger partial charge in [0.1, 0.15) is 0 Å². The van der Waals surface area contributed by atoms with Gasteiger partial charge < -0.3 is 5.32 Å². The molecule has 6 heteroatoms. The summed E-state index contributed by atoms with van der Waals surface area (Å²) in [4.78, 5) is 13.2. The molecule has 0 aromatic carbocycles. The summed E-state index contributed by atoms with van der Waals surface area (Å²) < 4.78 is 0.898. The van der Waals surface area contributed by atoms with E-state index in [1.54, 1.807) is 11.8 Å². The highest BCUT2D eigenvalue weighted by atomic mass is 32.2. The number of rotatable bonds is 5. The lowest BCUT2D eigenvalue weighted by Crippen LogP contribution is -2.51. The van der Waals surface area contributed by atoms with Gasteiger partial charge in [0.15, 0.2) is 10.1 Å². The second-order valence-electron chi connectivity index (χ2n) is 7.45. The molecular weight excluding hydrogens is 314 g/mol. The van der Waals surface area contributed by atoms with Gasteiger partial charge in [-0.3, -0.25) is 4.79 Å². The lowest BCUT2D eigenvalue weighted by atomic mass is 9.48. The molecule has 4 nitrogen and oxygen atoms in total. The van der Waals surface area contributed by atoms with Gasteiger partial charge in [-0.25, -0.2) is 0 Å². The standard InChI is InChI=1S/C16H23N3OS2/c1-9(21-15-19-18-14(17-2)22-15)13(20)16-6-10-3-11(7-16)5-12(4-10)8-16/h9-12H,3-8H2,1-2H3,(H,17,18). The second-order valence-corrected chi connectivity index (χ2v) is 10.0. The Labute approximate surface area is 139 Å². The zero-order valence-electron chi connectivity index (χ0n) is 13.2. The minimum absolute atomic E-state index is 0.00229. The number of nitrogens with zero attached hydrogens (tertiary/aromatic N) is 2. The SMILES string of the molecule is CNc1nnc(SC(C)C(=O)C23CC4CC(CC(C4)C2)C3)s1. The van der Waals surface area contributed by atoms with Crippen LogP contribution in [0.3, 0.4) is 0 Å². The molecule has 1 aromatic heterocycles. The van der Waals surface area contributed by atoms with Crippen LogP contribution in [0, 0.1) is 23.2 Å². The van der Waals surface area contributed by atoms with Crippen molar-refractivity contribution in [1.82, 2.24) is 10.2 Å². The molecule has 4 aliphatic rings. The predicted molar refractivity (Wildman–Crippen MR) is 90.4 cm³/mol. The largest absolute Gasteiger partial charge is 0.363 e. The average molecular weight is 338 g/mol. The molecule has 0 aliphatic heterocycles. The summed E-state index contributed by atoms with van der Waals surface area (Å²) in [5.74, 6) is 2.96. The maximum absolute atomic E-state index is 13.2. The number of anilines is 1. The van der Waals surface area contributed by atoms with E-state index in [1.807, 2.05) is 7.05 Å². The van der Waals surface area contributed by atoms with E-state index in [4.69, 9.17) is 0 Å². The average Bonchev–Trinajstić information content (AvgIpc) is 2.92. The Kier molecular flexibility index (Phi) is 3.72. The van der Waals surface area contributed by atoms with Crippen molar-refractivity contribution in [3.05, 3.63) is 0 Å². The zero-order chi connectivity index (χ0) is 15.3. The molecule has 22 heavy (non-hydrogen) atoms. The van der Waals surface area contributed by atoms with E-state index in [9.17, 15) is 4.79 Å². The lowest BCUT2D eigenvalue weighted by Gasteiger charge is -2.56. The van der Waals surface area contributed by atoms with Crippen LogP contribution in [0.1, 0.15) is 45.4 Å². The molecule has 1 heterocycles. The minimum Gasteiger partial charge on any atom is -0.363 e. The van der Waals surface area contributed by atoms with E-state index >= 15 is 0 Å². The quantitative estimate of drug-likeness (QED) is 0.827. The highest BCUT2D eigenvalue weighted by molar-refractivity contribution is 8.02. The molecule has 5 rings (SSSR count). The van der Waals surface area contributed by atoms with Crippen molar-refractivity contribution in [1.29, 1.82) is 0 Å². The molecule has 0 spiro atoms. The number of Topliss-reactive ketones (excluding diaryl/α,β-unsaturated/α-hetero) is 1. The van der Waals surface area contributed by atoms with Gasteiger partial charge >= 0.3 is 0 Å². The van der Waals surface area contributed by atoms with Gasteiger partial charge in [-0.1, -0.05) is 23.1 Å². The first-order valence-corrected chi connectivity index (χ1v) is 10.00. The van der Waals surface area contributed by atoms with E-state index in [0.717, 1.165) is 46.5 Å². The molecule has 4 saturated carbocycles. The van der Waals surface area contributed by atoms with Gasteiger partial charge in [0, 0.05) is 12.5 Å². The monoisotopic (exact) mass is 337 g/mol. The molecule has 4 bridgehead atoms. The number of carbonyl (C=O) groups is 1. The van der Waals surface area contributed by atoms with E-state index < -0.39 is 0 Å². The number of thioether (sulfide) groups is 1. The zero-order valence-corrected chi connectivity index (χ0v) is 14.8. The molecule has 120 valence electrons. The Morgan fingerprint density at radius 3 is 2.32 bits per heavy atom. The topological polar surface area (TPSA) is 54.9 Å². The molecule has 0 saturated heterocycles. The van der Waals surface area contributed by atoms with Crippen LogP contribution in [0.5, 0.6) is 0 Å². The predicted octanol–water partition coefficient (Wildman–Crippen LogP) is 3.85. The van der Waals surface area contributed by atoms with Gasteiger partial charge in [-0.15, -0.1) is 10.2 Å². The summed E-state index contributed by atoms with van der Waals surface area (Å²) in [6.07, 6.45) is 7.61. The molecule has 1 N–H and O–H groups in total. The van der Waals surface area contributed by atoms with Crippen LogP contribution in [-0.2, 0) is 4.79 Å². The Morgan fingerprint density at radius 2 is 1.82 bits per heavy atom. The van der Waals surface area contributed by atoms with Gasteiger partial charge in [0.25, 0.3) is 0 Å². The van der Waals surface area contributed by atoms with Crippen LogP contribution >= 0.6 is 23.1 Å². The van der Waals surface area contributed by atoms with E-state index in [-0.39, 0.29) is 10.7 Å². The summed E-state index contributed by atoms with van der Waals surface area (Å²) in [5.41, 5.74) is -0.00229. The van der Waals surface area contributed by atoms with E-state index in [0.29, 0.717) is 5.78 Å². The first-order valence-electron chi connectivity index (χ1n) is 8.30. The van der Waals surface area contributed by atoms with Crippen LogP contribution < -0.4 is 5.32 Å². The van der Waals surface area contributed by atoms with E-state index in [1.165, 1.54) is 30.6 Å². The van der Waals surface area contributed by atoms with E-state index in [2.05, 4.69) is 22.4 Å². The molecule has 4 aliphatic carbocycles. The van der Waals surface area contributed by atoms with Crippen molar-refractivity contribution in [2.24, 2.45) is 23.2 Å². The molecule has 0 amide bonds. The first-order chi connectivity index (χ1) is 10.6. The number of aromatic nitrogens is 2. The van der Waals surface area contributed by atoms with Crippen LogP contribution in [0.4, 0.5) is 5.13 Å². The molecule has 1 aromatic rings. The highest BCUT2D eigenvalue weighted by Gasteiger charge is 2.55. The Hall–Kier alpha value is -0.620. The minimum atomic E-state index is -0.00564. The van der Waals surface area contributed by atoms with Crippen molar-refractivity contribution in [3.8, 4) is 0 Å². The van der Waals surface area contributed by atoms with Crippen LogP contribution in [0.2, 0.25) is 0 Å². The second kappa shape index (κ2) is 5.48. The number of carbonyl (C=O) groups excluding carboxylic acids is 1. The van der Waals surface area contributed by atoms with Gasteiger partial charge in [-0.2, -0.15) is 0 Å². The normalized spacial score (nSPS) is 37.3. The van der Waals surface area contributed by atoms with Gasteiger partial charge in [-0.05, 0) is 63.2 Å². The fourth-order valence-electron chi connectivity index (χ4n) is 5.41. The Balaban J connectivity index is 1.48. The van der Waals surface area contributed by atoms with Crippen molar-refractivity contribution in [3.63, 3.8) is 0 Å². The van der Waals surface area contributed by atoms with Crippen LogP contribution in [-0.4, -0.2) is 28.3 Å². The van der Waals surface area contributed by atoms with Gasteiger partial charge in [0.2, 0.25) is 5.13 Å². The fourth-order valence-corrected chi connectivity index (χ4v) is 7.45. The molecule has 1 atom stereocenters. The summed E-state index contributed by atoms with van der Waals surface area (Å²) in [7, 11) is 1.85. The third kappa shape index (κ3) is 2.48. The maximum Gasteiger partial charge on any atom is 0.206 e. The molecule has 0 radical (unpaired) electrons. The highest BCUT2D eigenvalue weighted by Crippen LogP contribution is 2.61.